The van der Waals surface area contributed by atoms with Crippen LogP contribution >= 0.6 is 34.8 Å². The SMILES string of the molecule is CCOc1cc(CNCCCOC(C)C)c(Cl)cc1OCc1ccc(Cl)c(Cl)c1. The molecule has 2 aromatic carbocycles. The molecule has 7 heteroatoms. The first kappa shape index (κ1) is 24.1. The number of hydrogen-bond donors (Lipinski definition) is 1. The Morgan fingerprint density at radius 3 is 2.38 bits per heavy atom. The quantitative estimate of drug-likeness (QED) is 0.366. The molecule has 0 atom stereocenters. The van der Waals surface area contributed by atoms with E-state index >= 15 is 0 Å². The number of rotatable bonds is 12. The van der Waals surface area contributed by atoms with Crippen molar-refractivity contribution in [2.75, 3.05) is 19.8 Å². The summed E-state index contributed by atoms with van der Waals surface area (Å²) in [5, 5.41) is 5.03. The highest BCUT2D eigenvalue weighted by Crippen LogP contribution is 2.34. The second-order valence-corrected chi connectivity index (χ2v) is 8.03. The Bertz CT molecular complexity index is 784. The standard InChI is InChI=1S/C22H28Cl3NO3/c1-4-27-21-11-17(13-26-8-5-9-28-15(2)3)19(24)12-22(21)29-14-16-6-7-18(23)20(25)10-16/h6-7,10-12,15,26H,4-5,8-9,13-14H2,1-3H3. The molecule has 160 valence electrons. The maximum atomic E-state index is 6.47. The van der Waals surface area contributed by atoms with Crippen LogP contribution in [0.2, 0.25) is 15.1 Å². The summed E-state index contributed by atoms with van der Waals surface area (Å²) in [7, 11) is 0. The van der Waals surface area contributed by atoms with E-state index in [4.69, 9.17) is 49.0 Å². The number of nitrogens with one attached hydrogen (secondary N) is 1. The normalized spacial score (nSPS) is 11.1. The first-order chi connectivity index (χ1) is 13.9. The zero-order valence-corrected chi connectivity index (χ0v) is 19.3. The van der Waals surface area contributed by atoms with Crippen molar-refractivity contribution in [3.8, 4) is 11.5 Å². The van der Waals surface area contributed by atoms with Gasteiger partial charge in [0.1, 0.15) is 6.61 Å². The van der Waals surface area contributed by atoms with Gasteiger partial charge in [0.05, 0.1) is 22.8 Å². The van der Waals surface area contributed by atoms with E-state index in [-0.39, 0.29) is 6.10 Å². The first-order valence-electron chi connectivity index (χ1n) is 9.75. The fourth-order valence-electron chi connectivity index (χ4n) is 2.62. The minimum atomic E-state index is 0.259. The van der Waals surface area contributed by atoms with Gasteiger partial charge in [-0.15, -0.1) is 0 Å². The van der Waals surface area contributed by atoms with Crippen LogP contribution in [-0.2, 0) is 17.9 Å². The van der Waals surface area contributed by atoms with Crippen LogP contribution < -0.4 is 14.8 Å². The molecule has 0 radical (unpaired) electrons. The molecule has 0 aliphatic heterocycles. The van der Waals surface area contributed by atoms with Gasteiger partial charge in [-0.05, 0) is 63.1 Å². The van der Waals surface area contributed by atoms with Gasteiger partial charge < -0.3 is 19.5 Å². The minimum Gasteiger partial charge on any atom is -0.490 e. The second-order valence-electron chi connectivity index (χ2n) is 6.81. The molecule has 0 aliphatic rings. The lowest BCUT2D eigenvalue weighted by Crippen LogP contribution is -2.17. The number of ether oxygens (including phenoxy) is 3. The van der Waals surface area contributed by atoms with Crippen LogP contribution in [0.1, 0.15) is 38.3 Å². The summed E-state index contributed by atoms with van der Waals surface area (Å²) in [5.41, 5.74) is 1.87. The second kappa shape index (κ2) is 12.5. The maximum Gasteiger partial charge on any atom is 0.163 e. The van der Waals surface area contributed by atoms with Crippen LogP contribution in [0.15, 0.2) is 30.3 Å². The fraction of sp³-hybridized carbons (Fsp3) is 0.455. The summed E-state index contributed by atoms with van der Waals surface area (Å²) in [6.07, 6.45) is 1.20. The Morgan fingerprint density at radius 1 is 0.931 bits per heavy atom. The fourth-order valence-corrected chi connectivity index (χ4v) is 3.16. The van der Waals surface area contributed by atoms with Crippen LogP contribution in [0, 0.1) is 0 Å². The van der Waals surface area contributed by atoms with Crippen LogP contribution in [0.3, 0.4) is 0 Å². The van der Waals surface area contributed by atoms with Crippen molar-refractivity contribution >= 4 is 34.8 Å². The Hall–Kier alpha value is -1.17. The monoisotopic (exact) mass is 459 g/mol. The summed E-state index contributed by atoms with van der Waals surface area (Å²) in [5.74, 6) is 1.26. The Kier molecular flexibility index (Phi) is 10.4. The summed E-state index contributed by atoms with van der Waals surface area (Å²) in [4.78, 5) is 0. The number of halogens is 3. The van der Waals surface area contributed by atoms with Gasteiger partial charge in [0, 0.05) is 24.2 Å². The van der Waals surface area contributed by atoms with Gasteiger partial charge in [0.25, 0.3) is 0 Å². The molecular weight excluding hydrogens is 433 g/mol. The first-order valence-corrected chi connectivity index (χ1v) is 10.9. The lowest BCUT2D eigenvalue weighted by molar-refractivity contribution is 0.0770. The van der Waals surface area contributed by atoms with Gasteiger partial charge in [-0.25, -0.2) is 0 Å². The third-order valence-electron chi connectivity index (χ3n) is 4.06. The number of benzene rings is 2. The van der Waals surface area contributed by atoms with Crippen molar-refractivity contribution in [1.29, 1.82) is 0 Å². The van der Waals surface area contributed by atoms with E-state index in [2.05, 4.69) is 5.32 Å². The van der Waals surface area contributed by atoms with Crippen molar-refractivity contribution in [1.82, 2.24) is 5.32 Å². The maximum absolute atomic E-state index is 6.47. The molecule has 0 bridgehead atoms. The molecule has 29 heavy (non-hydrogen) atoms. The molecule has 0 heterocycles. The molecular formula is C22H28Cl3NO3. The van der Waals surface area contributed by atoms with E-state index in [1.165, 1.54) is 0 Å². The zero-order chi connectivity index (χ0) is 21.2. The van der Waals surface area contributed by atoms with Gasteiger partial charge in [-0.3, -0.25) is 0 Å². The van der Waals surface area contributed by atoms with E-state index in [1.807, 2.05) is 32.9 Å². The van der Waals surface area contributed by atoms with Crippen LogP contribution in [0.25, 0.3) is 0 Å². The highest BCUT2D eigenvalue weighted by Gasteiger charge is 2.12. The largest absolute Gasteiger partial charge is 0.490 e. The van der Waals surface area contributed by atoms with Crippen molar-refractivity contribution in [2.45, 2.75) is 46.4 Å². The van der Waals surface area contributed by atoms with Gasteiger partial charge in [0.15, 0.2) is 11.5 Å². The Labute approximate surface area is 188 Å². The molecule has 0 aromatic heterocycles. The van der Waals surface area contributed by atoms with E-state index in [1.54, 1.807) is 18.2 Å². The topological polar surface area (TPSA) is 39.7 Å². The summed E-state index contributed by atoms with van der Waals surface area (Å²) >= 11 is 18.5. The predicted octanol–water partition coefficient (Wildman–Crippen LogP) is 6.53. The van der Waals surface area contributed by atoms with Crippen molar-refractivity contribution in [3.05, 3.63) is 56.5 Å². The van der Waals surface area contributed by atoms with Crippen molar-refractivity contribution in [3.63, 3.8) is 0 Å². The Morgan fingerprint density at radius 2 is 1.69 bits per heavy atom. The van der Waals surface area contributed by atoms with E-state index in [0.717, 1.165) is 30.7 Å². The highest BCUT2D eigenvalue weighted by molar-refractivity contribution is 6.42. The van der Waals surface area contributed by atoms with Crippen molar-refractivity contribution < 1.29 is 14.2 Å². The predicted molar refractivity (Wildman–Crippen MR) is 121 cm³/mol. The summed E-state index contributed by atoms with van der Waals surface area (Å²) in [6, 6.07) is 9.13. The van der Waals surface area contributed by atoms with Gasteiger partial charge >= 0.3 is 0 Å². The zero-order valence-electron chi connectivity index (χ0n) is 17.1. The molecule has 1 N–H and O–H groups in total. The van der Waals surface area contributed by atoms with Gasteiger partial charge in [-0.1, -0.05) is 40.9 Å². The summed E-state index contributed by atoms with van der Waals surface area (Å²) in [6.45, 7) is 9.11. The minimum absolute atomic E-state index is 0.259. The third kappa shape index (κ3) is 8.23. The molecule has 0 aliphatic carbocycles. The smallest absolute Gasteiger partial charge is 0.163 e. The highest BCUT2D eigenvalue weighted by atomic mass is 35.5. The molecule has 0 fully saturated rings. The lowest BCUT2D eigenvalue weighted by Gasteiger charge is -2.16. The van der Waals surface area contributed by atoms with Crippen LogP contribution in [-0.4, -0.2) is 25.9 Å². The molecule has 0 saturated carbocycles. The lowest BCUT2D eigenvalue weighted by atomic mass is 10.2. The average Bonchev–Trinajstić information content (AvgIpc) is 2.67. The van der Waals surface area contributed by atoms with Crippen LogP contribution in [0.5, 0.6) is 11.5 Å². The molecule has 0 spiro atoms. The molecule has 0 saturated heterocycles. The van der Waals surface area contributed by atoms with E-state index in [0.29, 0.717) is 46.3 Å². The molecule has 0 amide bonds. The van der Waals surface area contributed by atoms with E-state index < -0.39 is 0 Å². The van der Waals surface area contributed by atoms with E-state index in [9.17, 15) is 0 Å². The Balaban J connectivity index is 1.98. The van der Waals surface area contributed by atoms with Gasteiger partial charge in [0.2, 0.25) is 0 Å². The molecule has 0 unspecified atom stereocenters. The van der Waals surface area contributed by atoms with Crippen molar-refractivity contribution in [2.24, 2.45) is 0 Å². The summed E-state index contributed by atoms with van der Waals surface area (Å²) < 4.78 is 17.2. The average molecular weight is 461 g/mol. The molecule has 2 aromatic rings. The molecule has 2 rings (SSSR count). The molecule has 4 nitrogen and oxygen atoms in total. The number of hydrogen-bond acceptors (Lipinski definition) is 4. The van der Waals surface area contributed by atoms with Crippen LogP contribution in [0.4, 0.5) is 0 Å². The van der Waals surface area contributed by atoms with Gasteiger partial charge in [-0.2, -0.15) is 0 Å². The third-order valence-corrected chi connectivity index (χ3v) is 5.15.